The average molecular weight is 813 g/mol. The quantitative estimate of drug-likeness (QED) is 0.0264. The van der Waals surface area contributed by atoms with Gasteiger partial charge in [-0.25, -0.2) is 0 Å². The van der Waals surface area contributed by atoms with Crippen LogP contribution in [0.5, 0.6) is 0 Å². The Hall–Kier alpha value is -2.63. The smallest absolute Gasteiger partial charge is 0.306 e. The Morgan fingerprint density at radius 1 is 0.362 bits per heavy atom. The van der Waals surface area contributed by atoms with Crippen LogP contribution in [0.4, 0.5) is 0 Å². The second kappa shape index (κ2) is 47.1. The topological polar surface area (TPSA) is 78.9 Å². The van der Waals surface area contributed by atoms with Crippen LogP contribution in [0.15, 0.2) is 48.6 Å². The minimum atomic E-state index is -0.784. The zero-order valence-electron chi connectivity index (χ0n) is 38.3. The summed E-state index contributed by atoms with van der Waals surface area (Å²) < 4.78 is 16.7. The summed E-state index contributed by atoms with van der Waals surface area (Å²) in [6.45, 7) is 6.49. The summed E-state index contributed by atoms with van der Waals surface area (Å²) in [4.78, 5) is 37.8. The normalized spacial score (nSPS) is 12.4. The lowest BCUT2D eigenvalue weighted by atomic mass is 10.0. The predicted molar refractivity (Wildman–Crippen MR) is 247 cm³/mol. The van der Waals surface area contributed by atoms with Crippen molar-refractivity contribution in [3.05, 3.63) is 48.6 Å². The Balaban J connectivity index is 4.42. The molecule has 0 aliphatic carbocycles. The molecule has 0 fully saturated rings. The molecule has 0 unspecified atom stereocenters. The molecule has 0 amide bonds. The van der Waals surface area contributed by atoms with Crippen LogP contribution in [0.3, 0.4) is 0 Å². The van der Waals surface area contributed by atoms with E-state index < -0.39 is 6.10 Å². The summed E-state index contributed by atoms with van der Waals surface area (Å²) in [6.07, 6.45) is 55.2. The fraction of sp³-hybridized carbons (Fsp3) is 0.788. The summed E-state index contributed by atoms with van der Waals surface area (Å²) in [7, 11) is 0. The molecule has 0 rings (SSSR count). The molecule has 336 valence electrons. The Labute approximate surface area is 358 Å². The van der Waals surface area contributed by atoms with Gasteiger partial charge in [-0.05, 0) is 57.8 Å². The molecule has 0 saturated heterocycles. The lowest BCUT2D eigenvalue weighted by Gasteiger charge is -2.18. The van der Waals surface area contributed by atoms with Gasteiger partial charge in [0.2, 0.25) is 0 Å². The third kappa shape index (κ3) is 44.5. The maximum atomic E-state index is 12.8. The lowest BCUT2D eigenvalue weighted by molar-refractivity contribution is -0.167. The van der Waals surface area contributed by atoms with E-state index in [1.165, 1.54) is 122 Å². The maximum absolute atomic E-state index is 12.8. The van der Waals surface area contributed by atoms with Crippen LogP contribution in [0.25, 0.3) is 0 Å². The average Bonchev–Trinajstić information content (AvgIpc) is 3.22. The number of rotatable bonds is 44. The van der Waals surface area contributed by atoms with Crippen LogP contribution in [-0.4, -0.2) is 37.2 Å². The van der Waals surface area contributed by atoms with Crippen molar-refractivity contribution in [2.45, 2.75) is 252 Å². The van der Waals surface area contributed by atoms with Crippen molar-refractivity contribution in [1.82, 2.24) is 0 Å². The molecular weight excluding hydrogens is 721 g/mol. The minimum absolute atomic E-state index is 0.0828. The summed E-state index contributed by atoms with van der Waals surface area (Å²) >= 11 is 0. The number of unbranched alkanes of at least 4 members (excludes halogenated alkanes) is 25. The first kappa shape index (κ1) is 55.4. The van der Waals surface area contributed by atoms with E-state index in [4.69, 9.17) is 14.2 Å². The van der Waals surface area contributed by atoms with Crippen LogP contribution in [0.2, 0.25) is 0 Å². The van der Waals surface area contributed by atoms with Gasteiger partial charge in [0.15, 0.2) is 6.10 Å². The highest BCUT2D eigenvalue weighted by molar-refractivity contribution is 5.71. The van der Waals surface area contributed by atoms with Crippen molar-refractivity contribution >= 4 is 17.9 Å². The molecule has 0 radical (unpaired) electrons. The summed E-state index contributed by atoms with van der Waals surface area (Å²) in [5.41, 5.74) is 0. The van der Waals surface area contributed by atoms with Gasteiger partial charge in [-0.1, -0.05) is 217 Å². The molecule has 0 heterocycles. The van der Waals surface area contributed by atoms with E-state index in [1.54, 1.807) is 0 Å². The lowest BCUT2D eigenvalue weighted by Crippen LogP contribution is -2.30. The Bertz CT molecular complexity index is 1030. The number of hydrogen-bond donors (Lipinski definition) is 0. The maximum Gasteiger partial charge on any atom is 0.306 e. The molecule has 1 atom stereocenters. The SMILES string of the molecule is CC/C=C\C/C=C\C/C=C\C/C=C\CCCCC(=O)OC[C@@H](COC(=O)CCCCCCCCCCCCCC)OC(=O)CCCCCCCCCCCCCCC. The second-order valence-electron chi connectivity index (χ2n) is 16.4. The van der Waals surface area contributed by atoms with Crippen molar-refractivity contribution in [2.24, 2.45) is 0 Å². The molecule has 6 nitrogen and oxygen atoms in total. The van der Waals surface area contributed by atoms with E-state index in [0.29, 0.717) is 19.3 Å². The first-order valence-electron chi connectivity index (χ1n) is 24.6. The summed E-state index contributed by atoms with van der Waals surface area (Å²) in [5, 5.41) is 0. The van der Waals surface area contributed by atoms with Crippen molar-refractivity contribution in [3.63, 3.8) is 0 Å². The molecule has 0 aliphatic heterocycles. The second-order valence-corrected chi connectivity index (χ2v) is 16.4. The molecule has 0 N–H and O–H groups in total. The molecule has 0 aromatic carbocycles. The van der Waals surface area contributed by atoms with Crippen LogP contribution in [0, 0.1) is 0 Å². The number of allylic oxidation sites excluding steroid dienone is 8. The van der Waals surface area contributed by atoms with Crippen molar-refractivity contribution < 1.29 is 28.6 Å². The molecule has 0 aromatic heterocycles. The highest BCUT2D eigenvalue weighted by Gasteiger charge is 2.19. The van der Waals surface area contributed by atoms with Gasteiger partial charge in [-0.15, -0.1) is 0 Å². The highest BCUT2D eigenvalue weighted by Crippen LogP contribution is 2.15. The van der Waals surface area contributed by atoms with E-state index in [2.05, 4.69) is 69.4 Å². The third-order valence-electron chi connectivity index (χ3n) is 10.6. The fourth-order valence-corrected chi connectivity index (χ4v) is 6.90. The number of esters is 3. The molecule has 6 heteroatoms. The van der Waals surface area contributed by atoms with E-state index in [9.17, 15) is 14.4 Å². The van der Waals surface area contributed by atoms with Crippen molar-refractivity contribution in [2.75, 3.05) is 13.2 Å². The number of carbonyl (C=O) groups is 3. The Kier molecular flexibility index (Phi) is 44.9. The molecule has 0 spiro atoms. The monoisotopic (exact) mass is 813 g/mol. The van der Waals surface area contributed by atoms with Crippen molar-refractivity contribution in [3.8, 4) is 0 Å². The summed E-state index contributed by atoms with van der Waals surface area (Å²) in [5.74, 6) is -0.920. The molecule has 0 aromatic rings. The van der Waals surface area contributed by atoms with Gasteiger partial charge < -0.3 is 14.2 Å². The first-order valence-corrected chi connectivity index (χ1v) is 24.6. The van der Waals surface area contributed by atoms with Crippen LogP contribution in [-0.2, 0) is 28.6 Å². The van der Waals surface area contributed by atoms with Gasteiger partial charge in [0.25, 0.3) is 0 Å². The highest BCUT2D eigenvalue weighted by atomic mass is 16.6. The van der Waals surface area contributed by atoms with Crippen LogP contribution in [0.1, 0.15) is 245 Å². The van der Waals surface area contributed by atoms with E-state index in [1.807, 2.05) is 0 Å². The molecule has 58 heavy (non-hydrogen) atoms. The van der Waals surface area contributed by atoms with Gasteiger partial charge in [0.05, 0.1) is 0 Å². The van der Waals surface area contributed by atoms with E-state index in [-0.39, 0.29) is 31.1 Å². The van der Waals surface area contributed by atoms with E-state index >= 15 is 0 Å². The van der Waals surface area contributed by atoms with Gasteiger partial charge in [-0.3, -0.25) is 14.4 Å². The van der Waals surface area contributed by atoms with Crippen molar-refractivity contribution in [1.29, 1.82) is 0 Å². The zero-order chi connectivity index (χ0) is 42.3. The predicted octanol–water partition coefficient (Wildman–Crippen LogP) is 15.9. The first-order chi connectivity index (χ1) is 28.5. The molecule has 0 bridgehead atoms. The Morgan fingerprint density at radius 3 is 1.05 bits per heavy atom. The Morgan fingerprint density at radius 2 is 0.672 bits per heavy atom. The van der Waals surface area contributed by atoms with E-state index in [0.717, 1.165) is 83.5 Å². The van der Waals surface area contributed by atoms with Crippen LogP contribution >= 0.6 is 0 Å². The number of hydrogen-bond acceptors (Lipinski definition) is 6. The standard InChI is InChI=1S/C52H92O6/c1-4-7-10-13-16-19-22-25-26-28-30-33-36-39-42-45-51(54)57-48-49(47-56-50(53)44-41-38-35-32-29-24-21-18-15-12-9-6-3)58-52(55)46-43-40-37-34-31-27-23-20-17-14-11-8-5-2/h7,10,16,19,25-26,30,33,49H,4-6,8-9,11-15,17-18,20-24,27-29,31-32,34-48H2,1-3H3/b10-7-,19-16-,26-25-,33-30-/t49-/m1/s1. The largest absolute Gasteiger partial charge is 0.462 e. The molecule has 0 saturated carbocycles. The third-order valence-corrected chi connectivity index (χ3v) is 10.6. The molecular formula is C52H92O6. The number of carbonyl (C=O) groups excluding carboxylic acids is 3. The van der Waals surface area contributed by atoms with Crippen LogP contribution < -0.4 is 0 Å². The van der Waals surface area contributed by atoms with Gasteiger partial charge in [-0.2, -0.15) is 0 Å². The fourth-order valence-electron chi connectivity index (χ4n) is 6.90. The van der Waals surface area contributed by atoms with Gasteiger partial charge in [0.1, 0.15) is 13.2 Å². The minimum Gasteiger partial charge on any atom is -0.462 e. The molecule has 0 aliphatic rings. The zero-order valence-corrected chi connectivity index (χ0v) is 38.3. The van der Waals surface area contributed by atoms with Gasteiger partial charge >= 0.3 is 17.9 Å². The number of ether oxygens (including phenoxy) is 3. The summed E-state index contributed by atoms with van der Waals surface area (Å²) in [6, 6.07) is 0. The van der Waals surface area contributed by atoms with Gasteiger partial charge in [0, 0.05) is 19.3 Å².